The van der Waals surface area contributed by atoms with E-state index in [0.717, 1.165) is 25.9 Å². The zero-order valence-corrected chi connectivity index (χ0v) is 17.0. The Labute approximate surface area is 164 Å². The fraction of sp³-hybridized carbons (Fsp3) is 0.278. The maximum absolute atomic E-state index is 13.3. The van der Waals surface area contributed by atoms with Crippen molar-refractivity contribution in [1.29, 1.82) is 0 Å². The molecule has 3 nitrogen and oxygen atoms in total. The molecule has 1 N–H and O–H groups in total. The third-order valence-electron chi connectivity index (χ3n) is 3.77. The number of hydrogen-bond acceptors (Lipinski definition) is 3. The molecule has 2 rings (SSSR count). The lowest BCUT2D eigenvalue weighted by atomic mass is 10.1. The number of aryl methyl sites for hydroxylation is 2. The molecule has 134 valence electrons. The van der Waals surface area contributed by atoms with Crippen molar-refractivity contribution in [1.82, 2.24) is 0 Å². The van der Waals surface area contributed by atoms with Gasteiger partial charge in [0.2, 0.25) is 0 Å². The van der Waals surface area contributed by atoms with Crippen LogP contribution in [0.15, 0.2) is 30.3 Å². The van der Waals surface area contributed by atoms with E-state index in [1.54, 1.807) is 13.0 Å². The zero-order valence-electron chi connectivity index (χ0n) is 14.0. The number of thiocarbonyl (C=S) groups is 1. The van der Waals surface area contributed by atoms with Gasteiger partial charge in [-0.2, -0.15) is 0 Å². The minimum absolute atomic E-state index is 0.101. The van der Waals surface area contributed by atoms with Crippen molar-refractivity contribution in [3.05, 3.63) is 56.2 Å². The number of rotatable bonds is 5. The summed E-state index contributed by atoms with van der Waals surface area (Å²) < 4.78 is 38.3. The van der Waals surface area contributed by atoms with Gasteiger partial charge in [-0.15, -0.1) is 0 Å². The van der Waals surface area contributed by atoms with Gasteiger partial charge >= 0.3 is 0 Å². The maximum Gasteiger partial charge on any atom is 0.267 e. The summed E-state index contributed by atoms with van der Waals surface area (Å²) in [5, 5.41) is 3.20. The highest BCUT2D eigenvalue weighted by Gasteiger charge is 2.17. The molecule has 0 fully saturated rings. The number of benzene rings is 2. The molecule has 0 heterocycles. The van der Waals surface area contributed by atoms with Crippen LogP contribution >= 0.6 is 34.8 Å². The summed E-state index contributed by atoms with van der Waals surface area (Å²) in [6.45, 7) is 3.81. The van der Waals surface area contributed by atoms with Crippen LogP contribution in [0, 0.1) is 17.4 Å². The number of hydrogen-bond donors (Lipinski definition) is 1. The minimum atomic E-state index is -2.59. The number of anilines is 1. The number of ether oxygens (including phenoxy) is 2. The van der Waals surface area contributed by atoms with Gasteiger partial charge in [0.15, 0.2) is 0 Å². The fourth-order valence-electron chi connectivity index (χ4n) is 2.24. The predicted octanol–water partition coefficient (Wildman–Crippen LogP) is 5.77. The monoisotopic (exact) mass is 477 g/mol. The highest BCUT2D eigenvalue weighted by molar-refractivity contribution is 14.1. The van der Waals surface area contributed by atoms with Crippen LogP contribution in [0.5, 0.6) is 5.75 Å². The van der Waals surface area contributed by atoms with E-state index in [9.17, 15) is 8.78 Å². The molecular formula is C18H18F2INO2S. The molecule has 0 aromatic heterocycles. The number of halogens is 3. The summed E-state index contributed by atoms with van der Waals surface area (Å²) in [7, 11) is 1.48. The van der Waals surface area contributed by atoms with Gasteiger partial charge in [0.25, 0.3) is 11.6 Å². The molecule has 0 saturated carbocycles. The van der Waals surface area contributed by atoms with Crippen LogP contribution in [0.1, 0.15) is 28.7 Å². The molecule has 0 amide bonds. The van der Waals surface area contributed by atoms with E-state index < -0.39 is 6.43 Å². The van der Waals surface area contributed by atoms with E-state index in [0.29, 0.717) is 0 Å². The van der Waals surface area contributed by atoms with Crippen molar-refractivity contribution < 1.29 is 18.3 Å². The zero-order chi connectivity index (χ0) is 18.6. The summed E-state index contributed by atoms with van der Waals surface area (Å²) in [6.07, 6.45) is -2.59. The second kappa shape index (κ2) is 8.75. The summed E-state index contributed by atoms with van der Waals surface area (Å²) >= 11 is 7.20. The molecule has 2 aromatic carbocycles. The first-order chi connectivity index (χ1) is 11.8. The molecule has 0 bridgehead atoms. The molecular weight excluding hydrogens is 459 g/mol. The van der Waals surface area contributed by atoms with Crippen LogP contribution < -0.4 is 10.1 Å². The molecule has 0 spiro atoms. The normalized spacial score (nSPS) is 10.7. The Hall–Kier alpha value is -1.48. The molecule has 0 saturated heterocycles. The lowest BCUT2D eigenvalue weighted by Gasteiger charge is -2.17. The number of nitrogens with one attached hydrogen (secondary N) is 1. The van der Waals surface area contributed by atoms with E-state index in [1.165, 1.54) is 13.2 Å². The first-order valence-corrected chi connectivity index (χ1v) is 8.96. The van der Waals surface area contributed by atoms with Gasteiger partial charge in [-0.3, -0.25) is 0 Å². The first kappa shape index (κ1) is 19.8. The SMILES string of the molecule is COC(=S)Nc1cccc(I)c1COc1cc(C)c(C)cc1C(F)F. The van der Waals surface area contributed by atoms with Crippen molar-refractivity contribution in [2.24, 2.45) is 0 Å². The van der Waals surface area contributed by atoms with Crippen molar-refractivity contribution in [2.45, 2.75) is 26.9 Å². The smallest absolute Gasteiger partial charge is 0.267 e. The summed E-state index contributed by atoms with van der Waals surface area (Å²) in [6, 6.07) is 8.74. The second-order valence-corrected chi connectivity index (χ2v) is 6.98. The molecule has 0 aliphatic rings. The van der Waals surface area contributed by atoms with E-state index in [2.05, 4.69) is 27.9 Å². The Morgan fingerprint density at radius 3 is 2.56 bits per heavy atom. The number of alkyl halides is 2. The maximum atomic E-state index is 13.3. The quantitative estimate of drug-likeness (QED) is 0.438. The minimum Gasteiger partial charge on any atom is -0.488 e. The van der Waals surface area contributed by atoms with E-state index >= 15 is 0 Å². The Bertz CT molecular complexity index is 784. The van der Waals surface area contributed by atoms with Gasteiger partial charge in [0.05, 0.1) is 12.7 Å². The van der Waals surface area contributed by atoms with E-state index in [4.69, 9.17) is 21.7 Å². The molecule has 0 aliphatic heterocycles. The first-order valence-electron chi connectivity index (χ1n) is 7.48. The van der Waals surface area contributed by atoms with Gasteiger partial charge in [0, 0.05) is 14.8 Å². The van der Waals surface area contributed by atoms with E-state index in [-0.39, 0.29) is 23.1 Å². The molecule has 25 heavy (non-hydrogen) atoms. The Balaban J connectivity index is 2.30. The Morgan fingerprint density at radius 1 is 1.24 bits per heavy atom. The molecule has 0 atom stereocenters. The van der Waals surface area contributed by atoms with Crippen molar-refractivity contribution in [2.75, 3.05) is 12.4 Å². The van der Waals surface area contributed by atoms with Gasteiger partial charge in [-0.25, -0.2) is 8.78 Å². The Morgan fingerprint density at radius 2 is 1.92 bits per heavy atom. The average molecular weight is 477 g/mol. The fourth-order valence-corrected chi connectivity index (χ4v) is 3.00. The lowest BCUT2D eigenvalue weighted by Crippen LogP contribution is -2.14. The van der Waals surface area contributed by atoms with Gasteiger partial charge < -0.3 is 14.8 Å². The number of methoxy groups -OCH3 is 1. The highest BCUT2D eigenvalue weighted by Crippen LogP contribution is 2.33. The van der Waals surface area contributed by atoms with Crippen molar-refractivity contribution in [3.63, 3.8) is 0 Å². The highest BCUT2D eigenvalue weighted by atomic mass is 127. The van der Waals surface area contributed by atoms with Crippen LogP contribution in [0.3, 0.4) is 0 Å². The molecule has 0 radical (unpaired) electrons. The van der Waals surface area contributed by atoms with Crippen molar-refractivity contribution >= 4 is 45.7 Å². The predicted molar refractivity (Wildman–Crippen MR) is 108 cm³/mol. The standard InChI is InChI=1S/C18H18F2INO2S/c1-10-7-12(17(19)20)16(8-11(10)2)24-9-13-14(21)5-4-6-15(13)22-18(25)23-3/h4-8,17H,9H2,1-3H3,(H,22,25). The van der Waals surface area contributed by atoms with Crippen LogP contribution in [0.4, 0.5) is 14.5 Å². The van der Waals surface area contributed by atoms with E-state index in [1.807, 2.05) is 25.1 Å². The van der Waals surface area contributed by atoms with Crippen LogP contribution in [0.25, 0.3) is 0 Å². The van der Waals surface area contributed by atoms with Gasteiger partial charge in [0.1, 0.15) is 12.4 Å². The lowest BCUT2D eigenvalue weighted by molar-refractivity contribution is 0.144. The molecule has 0 aliphatic carbocycles. The van der Waals surface area contributed by atoms with Gasteiger partial charge in [-0.05, 0) is 84.0 Å². The second-order valence-electron chi connectivity index (χ2n) is 5.45. The van der Waals surface area contributed by atoms with Crippen molar-refractivity contribution in [3.8, 4) is 5.75 Å². The third kappa shape index (κ3) is 5.01. The summed E-state index contributed by atoms with van der Waals surface area (Å²) in [5.41, 5.74) is 3.16. The molecule has 7 heteroatoms. The van der Waals surface area contributed by atoms with Crippen LogP contribution in [-0.2, 0) is 11.3 Å². The summed E-state index contributed by atoms with van der Waals surface area (Å²) in [4.78, 5) is 0. The van der Waals surface area contributed by atoms with Crippen LogP contribution in [0.2, 0.25) is 0 Å². The van der Waals surface area contributed by atoms with Gasteiger partial charge in [-0.1, -0.05) is 6.07 Å². The summed E-state index contributed by atoms with van der Waals surface area (Å²) in [5.74, 6) is 0.193. The largest absolute Gasteiger partial charge is 0.488 e. The van der Waals surface area contributed by atoms with Crippen LogP contribution in [-0.4, -0.2) is 12.3 Å². The molecule has 2 aromatic rings. The Kier molecular flexibility index (Phi) is 6.95. The molecule has 0 unspecified atom stereocenters. The third-order valence-corrected chi connectivity index (χ3v) is 5.05. The topological polar surface area (TPSA) is 30.5 Å². The average Bonchev–Trinajstić information content (AvgIpc) is 2.56.